The average molecular weight is 387 g/mol. The van der Waals surface area contributed by atoms with Crippen molar-refractivity contribution in [2.45, 2.75) is 13.8 Å². The molecule has 0 fully saturated rings. The second-order valence-corrected chi connectivity index (χ2v) is 6.83. The summed E-state index contributed by atoms with van der Waals surface area (Å²) < 4.78 is 5.31. The first-order valence-corrected chi connectivity index (χ1v) is 9.02. The van der Waals surface area contributed by atoms with E-state index in [-0.39, 0.29) is 11.5 Å². The number of nitrogens with zero attached hydrogens (tertiary/aromatic N) is 4. The first-order valence-electron chi connectivity index (χ1n) is 8.64. The molecule has 136 valence electrons. The van der Waals surface area contributed by atoms with Gasteiger partial charge < -0.3 is 4.52 Å². The lowest BCUT2D eigenvalue weighted by Gasteiger charge is -2.05. The Morgan fingerprint density at radius 1 is 1.11 bits per heavy atom. The molecular weight excluding hydrogens is 372 g/mol. The van der Waals surface area contributed by atoms with Crippen molar-refractivity contribution in [1.82, 2.24) is 15.1 Å². The lowest BCUT2D eigenvalue weighted by atomic mass is 10.1. The molecule has 2 aromatic heterocycles. The highest BCUT2D eigenvalue weighted by molar-refractivity contribution is 6.31. The number of aromatic nitrogens is 3. The Morgan fingerprint density at radius 3 is 2.64 bits per heavy atom. The molecule has 0 aliphatic carbocycles. The Morgan fingerprint density at radius 2 is 1.89 bits per heavy atom. The molecule has 6 heteroatoms. The Bertz CT molecular complexity index is 1250. The first-order chi connectivity index (χ1) is 13.5. The third-order valence-electron chi connectivity index (χ3n) is 4.41. The number of hydrogen-bond donors (Lipinski definition) is 0. The number of allylic oxidation sites excluding steroid dienone is 1. The normalized spacial score (nSPS) is 11.6. The van der Waals surface area contributed by atoms with E-state index in [9.17, 15) is 5.26 Å². The van der Waals surface area contributed by atoms with Crippen LogP contribution in [0.15, 0.2) is 53.1 Å². The molecule has 0 spiro atoms. The van der Waals surface area contributed by atoms with Crippen LogP contribution in [0.3, 0.4) is 0 Å². The van der Waals surface area contributed by atoms with Gasteiger partial charge in [0.25, 0.3) is 5.89 Å². The summed E-state index contributed by atoms with van der Waals surface area (Å²) in [5.74, 6) is 0.563. The van der Waals surface area contributed by atoms with E-state index < -0.39 is 0 Å². The Balaban J connectivity index is 1.74. The van der Waals surface area contributed by atoms with Gasteiger partial charge in [-0.25, -0.2) is 4.98 Å². The predicted octanol–water partition coefficient (Wildman–Crippen LogP) is 5.62. The first kappa shape index (κ1) is 17.9. The zero-order valence-electron chi connectivity index (χ0n) is 15.3. The topological polar surface area (TPSA) is 75.6 Å². The Kier molecular flexibility index (Phi) is 4.64. The predicted molar refractivity (Wildman–Crippen MR) is 109 cm³/mol. The summed E-state index contributed by atoms with van der Waals surface area (Å²) in [5.41, 5.74) is 4.67. The summed E-state index contributed by atoms with van der Waals surface area (Å²) >= 11 is 6.35. The van der Waals surface area contributed by atoms with Gasteiger partial charge in [0.15, 0.2) is 0 Å². The summed E-state index contributed by atoms with van der Waals surface area (Å²) in [6.45, 7) is 3.98. The molecule has 0 saturated heterocycles. The molecule has 0 radical (unpaired) electrons. The molecule has 0 bridgehead atoms. The quantitative estimate of drug-likeness (QED) is 0.337. The third kappa shape index (κ3) is 3.38. The van der Waals surface area contributed by atoms with Crippen LogP contribution in [0, 0.1) is 25.2 Å². The molecule has 0 unspecified atom stereocenters. The molecule has 28 heavy (non-hydrogen) atoms. The highest BCUT2D eigenvalue weighted by atomic mass is 35.5. The molecule has 0 saturated carbocycles. The minimum atomic E-state index is 0.137. The summed E-state index contributed by atoms with van der Waals surface area (Å²) in [4.78, 5) is 8.81. The minimum absolute atomic E-state index is 0.137. The lowest BCUT2D eigenvalue weighted by molar-refractivity contribution is 0.409. The Hall–Kier alpha value is -3.49. The van der Waals surface area contributed by atoms with E-state index in [2.05, 4.69) is 21.2 Å². The highest BCUT2D eigenvalue weighted by Crippen LogP contribution is 2.27. The van der Waals surface area contributed by atoms with Crippen LogP contribution in [0.1, 0.15) is 22.6 Å². The molecule has 0 amide bonds. The number of aryl methyl sites for hydroxylation is 2. The number of para-hydroxylation sites is 1. The van der Waals surface area contributed by atoms with Crippen molar-refractivity contribution in [3.63, 3.8) is 0 Å². The van der Waals surface area contributed by atoms with Crippen molar-refractivity contribution in [3.8, 4) is 17.5 Å². The van der Waals surface area contributed by atoms with Gasteiger partial charge in [0.2, 0.25) is 5.82 Å². The monoisotopic (exact) mass is 386 g/mol. The Labute approximate surface area is 166 Å². The van der Waals surface area contributed by atoms with Gasteiger partial charge in [0.05, 0.1) is 5.52 Å². The number of hydrogen-bond acceptors (Lipinski definition) is 5. The standard InChI is InChI=1S/C22H15ClN4O/c1-13-6-8-15(9-7-13)21-26-22(28-27-21)18(12-24)11-17-10-16-5-3-4-14(2)19(16)25-20(17)23/h3-11H,1-2H3/b18-11+. The van der Waals surface area contributed by atoms with Crippen molar-refractivity contribution in [2.75, 3.05) is 0 Å². The largest absolute Gasteiger partial charge is 0.333 e. The van der Waals surface area contributed by atoms with Gasteiger partial charge >= 0.3 is 0 Å². The van der Waals surface area contributed by atoms with Gasteiger partial charge in [0, 0.05) is 16.5 Å². The number of halogens is 1. The zero-order chi connectivity index (χ0) is 19.7. The van der Waals surface area contributed by atoms with Crippen LogP contribution >= 0.6 is 11.6 Å². The fourth-order valence-corrected chi connectivity index (χ4v) is 3.09. The molecule has 0 aliphatic rings. The molecule has 2 aromatic carbocycles. The molecule has 4 aromatic rings. The SMILES string of the molecule is Cc1ccc(-c2noc(/C(C#N)=C/c3cc4cccc(C)c4nc3Cl)n2)cc1. The van der Waals surface area contributed by atoms with E-state index in [0.29, 0.717) is 16.5 Å². The van der Waals surface area contributed by atoms with Gasteiger partial charge in [-0.05, 0) is 31.6 Å². The van der Waals surface area contributed by atoms with E-state index in [1.54, 1.807) is 6.08 Å². The van der Waals surface area contributed by atoms with Crippen LogP contribution < -0.4 is 0 Å². The van der Waals surface area contributed by atoms with Gasteiger partial charge in [-0.2, -0.15) is 10.2 Å². The summed E-state index contributed by atoms with van der Waals surface area (Å²) in [6.07, 6.45) is 1.61. The summed E-state index contributed by atoms with van der Waals surface area (Å²) in [7, 11) is 0. The number of pyridine rings is 1. The second kappa shape index (κ2) is 7.26. The van der Waals surface area contributed by atoms with Crippen molar-refractivity contribution in [3.05, 3.63) is 76.3 Å². The van der Waals surface area contributed by atoms with Gasteiger partial charge in [-0.15, -0.1) is 0 Å². The number of fused-ring (bicyclic) bond motifs is 1. The van der Waals surface area contributed by atoms with Crippen molar-refractivity contribution in [1.29, 1.82) is 5.26 Å². The van der Waals surface area contributed by atoms with Crippen molar-refractivity contribution < 1.29 is 4.52 Å². The molecule has 0 atom stereocenters. The van der Waals surface area contributed by atoms with Gasteiger partial charge in [-0.1, -0.05) is 64.8 Å². The molecule has 5 nitrogen and oxygen atoms in total. The maximum Gasteiger partial charge on any atom is 0.268 e. The maximum atomic E-state index is 9.60. The van der Waals surface area contributed by atoms with Crippen LogP contribution in [0.4, 0.5) is 0 Å². The van der Waals surface area contributed by atoms with E-state index in [4.69, 9.17) is 16.1 Å². The summed E-state index contributed by atoms with van der Waals surface area (Å²) in [5, 5.41) is 14.8. The fraction of sp³-hybridized carbons (Fsp3) is 0.0909. The zero-order valence-corrected chi connectivity index (χ0v) is 16.0. The molecule has 0 N–H and O–H groups in total. The number of benzene rings is 2. The third-order valence-corrected chi connectivity index (χ3v) is 4.72. The molecule has 2 heterocycles. The minimum Gasteiger partial charge on any atom is -0.333 e. The highest BCUT2D eigenvalue weighted by Gasteiger charge is 2.14. The molecular formula is C22H15ClN4O. The van der Waals surface area contributed by atoms with E-state index in [1.807, 2.05) is 62.4 Å². The van der Waals surface area contributed by atoms with Crippen LogP contribution in [0.2, 0.25) is 5.15 Å². The van der Waals surface area contributed by atoms with Crippen molar-refractivity contribution >= 4 is 34.2 Å². The van der Waals surface area contributed by atoms with Gasteiger partial charge in [0.1, 0.15) is 16.8 Å². The van der Waals surface area contributed by atoms with Crippen LogP contribution in [-0.4, -0.2) is 15.1 Å². The van der Waals surface area contributed by atoms with Crippen molar-refractivity contribution in [2.24, 2.45) is 0 Å². The van der Waals surface area contributed by atoms with Crippen LogP contribution in [0.25, 0.3) is 33.9 Å². The van der Waals surface area contributed by atoms with E-state index >= 15 is 0 Å². The average Bonchev–Trinajstić information content (AvgIpc) is 3.17. The number of rotatable bonds is 3. The fourth-order valence-electron chi connectivity index (χ4n) is 2.89. The molecule has 0 aliphatic heterocycles. The molecule has 4 rings (SSSR count). The smallest absolute Gasteiger partial charge is 0.268 e. The van der Waals surface area contributed by atoms with Crippen LogP contribution in [0.5, 0.6) is 0 Å². The van der Waals surface area contributed by atoms with E-state index in [0.717, 1.165) is 27.6 Å². The van der Waals surface area contributed by atoms with E-state index in [1.165, 1.54) is 0 Å². The summed E-state index contributed by atoms with van der Waals surface area (Å²) in [6, 6.07) is 17.6. The lowest BCUT2D eigenvalue weighted by Crippen LogP contribution is -1.89. The number of nitriles is 1. The van der Waals surface area contributed by atoms with Crippen LogP contribution in [-0.2, 0) is 0 Å². The van der Waals surface area contributed by atoms with Gasteiger partial charge in [-0.3, -0.25) is 0 Å². The second-order valence-electron chi connectivity index (χ2n) is 6.47. The maximum absolute atomic E-state index is 9.60.